The van der Waals surface area contributed by atoms with Gasteiger partial charge in [-0.2, -0.15) is 0 Å². The van der Waals surface area contributed by atoms with Gasteiger partial charge in [0.2, 0.25) is 0 Å². The molecule has 0 aromatic heterocycles. The second kappa shape index (κ2) is 3.48. The second-order valence-electron chi connectivity index (χ2n) is 3.61. The standard InChI is InChI=1S/C11H16N2/c1-2-11-10-6-4-3-5-9(10)7-8-13(11)12/h3-6,11H,2,7-8,12H2,1H3. The molecular weight excluding hydrogens is 160 g/mol. The van der Waals surface area contributed by atoms with Gasteiger partial charge in [-0.3, -0.25) is 5.84 Å². The predicted molar refractivity (Wildman–Crippen MR) is 54.1 cm³/mol. The van der Waals surface area contributed by atoms with Crippen LogP contribution in [0.25, 0.3) is 0 Å². The number of nitrogens with two attached hydrogens (primary N) is 1. The molecule has 1 heterocycles. The molecule has 2 heteroatoms. The van der Waals surface area contributed by atoms with Gasteiger partial charge in [-0.15, -0.1) is 0 Å². The van der Waals surface area contributed by atoms with Crippen LogP contribution in [0.3, 0.4) is 0 Å². The van der Waals surface area contributed by atoms with Gasteiger partial charge in [0.15, 0.2) is 0 Å². The van der Waals surface area contributed by atoms with E-state index in [2.05, 4.69) is 31.2 Å². The summed E-state index contributed by atoms with van der Waals surface area (Å²) in [6.45, 7) is 3.17. The van der Waals surface area contributed by atoms with Crippen molar-refractivity contribution in [3.8, 4) is 0 Å². The van der Waals surface area contributed by atoms with Crippen LogP contribution < -0.4 is 5.84 Å². The molecule has 0 saturated carbocycles. The van der Waals surface area contributed by atoms with E-state index in [1.165, 1.54) is 11.1 Å². The lowest BCUT2D eigenvalue weighted by atomic mass is 9.92. The fourth-order valence-electron chi connectivity index (χ4n) is 2.13. The molecule has 0 bridgehead atoms. The van der Waals surface area contributed by atoms with Gasteiger partial charge in [0.1, 0.15) is 0 Å². The van der Waals surface area contributed by atoms with Crippen LogP contribution in [-0.2, 0) is 6.42 Å². The van der Waals surface area contributed by atoms with E-state index in [9.17, 15) is 0 Å². The first-order chi connectivity index (χ1) is 6.33. The summed E-state index contributed by atoms with van der Waals surface area (Å²) in [7, 11) is 0. The molecule has 1 atom stereocenters. The average molecular weight is 176 g/mol. The zero-order valence-electron chi connectivity index (χ0n) is 8.03. The molecule has 1 aromatic rings. The van der Waals surface area contributed by atoms with Gasteiger partial charge in [0.25, 0.3) is 0 Å². The normalized spacial score (nSPS) is 22.8. The highest BCUT2D eigenvalue weighted by atomic mass is 15.4. The van der Waals surface area contributed by atoms with Gasteiger partial charge in [-0.1, -0.05) is 31.2 Å². The van der Waals surface area contributed by atoms with Gasteiger partial charge >= 0.3 is 0 Å². The van der Waals surface area contributed by atoms with Crippen LogP contribution in [0.4, 0.5) is 0 Å². The minimum atomic E-state index is 0.421. The Bertz CT molecular complexity index is 296. The summed E-state index contributed by atoms with van der Waals surface area (Å²) in [6, 6.07) is 9.04. The first-order valence-electron chi connectivity index (χ1n) is 4.92. The molecule has 0 fully saturated rings. The maximum Gasteiger partial charge on any atom is 0.0490 e. The van der Waals surface area contributed by atoms with Crippen LogP contribution in [-0.4, -0.2) is 11.6 Å². The number of nitrogens with zero attached hydrogens (tertiary/aromatic N) is 1. The van der Waals surface area contributed by atoms with Crippen molar-refractivity contribution in [2.24, 2.45) is 5.84 Å². The van der Waals surface area contributed by atoms with Gasteiger partial charge in [-0.05, 0) is 24.0 Å². The molecule has 2 rings (SSSR count). The molecule has 1 aliphatic rings. The first-order valence-corrected chi connectivity index (χ1v) is 4.92. The van der Waals surface area contributed by atoms with Crippen molar-refractivity contribution in [1.82, 2.24) is 5.01 Å². The Kier molecular flexibility index (Phi) is 2.34. The number of hydrogen-bond donors (Lipinski definition) is 1. The minimum absolute atomic E-state index is 0.421. The third-order valence-electron chi connectivity index (χ3n) is 2.84. The topological polar surface area (TPSA) is 29.3 Å². The number of benzene rings is 1. The van der Waals surface area contributed by atoms with E-state index in [0.717, 1.165) is 19.4 Å². The Morgan fingerprint density at radius 3 is 3.00 bits per heavy atom. The van der Waals surface area contributed by atoms with E-state index in [4.69, 9.17) is 5.84 Å². The van der Waals surface area contributed by atoms with Crippen LogP contribution in [0, 0.1) is 0 Å². The number of fused-ring (bicyclic) bond motifs is 1. The highest BCUT2D eigenvalue weighted by Crippen LogP contribution is 2.29. The van der Waals surface area contributed by atoms with E-state index >= 15 is 0 Å². The van der Waals surface area contributed by atoms with E-state index in [0.29, 0.717) is 6.04 Å². The Morgan fingerprint density at radius 2 is 2.23 bits per heavy atom. The highest BCUT2D eigenvalue weighted by molar-refractivity contribution is 5.32. The second-order valence-corrected chi connectivity index (χ2v) is 3.61. The highest BCUT2D eigenvalue weighted by Gasteiger charge is 2.22. The average Bonchev–Trinajstić information content (AvgIpc) is 2.18. The fraction of sp³-hybridized carbons (Fsp3) is 0.455. The van der Waals surface area contributed by atoms with Crippen molar-refractivity contribution < 1.29 is 0 Å². The van der Waals surface area contributed by atoms with Gasteiger partial charge in [-0.25, -0.2) is 5.01 Å². The molecule has 2 N–H and O–H groups in total. The van der Waals surface area contributed by atoms with Gasteiger partial charge in [0, 0.05) is 12.6 Å². The molecule has 70 valence electrons. The van der Waals surface area contributed by atoms with E-state index in [1.807, 2.05) is 5.01 Å². The van der Waals surface area contributed by atoms with Crippen LogP contribution in [0.5, 0.6) is 0 Å². The van der Waals surface area contributed by atoms with Crippen molar-refractivity contribution in [3.05, 3.63) is 35.4 Å². The van der Waals surface area contributed by atoms with Crippen LogP contribution in [0.2, 0.25) is 0 Å². The number of rotatable bonds is 1. The summed E-state index contributed by atoms with van der Waals surface area (Å²) in [5, 5.41) is 1.96. The zero-order valence-corrected chi connectivity index (χ0v) is 8.03. The molecule has 1 aliphatic heterocycles. The molecule has 13 heavy (non-hydrogen) atoms. The third kappa shape index (κ3) is 1.47. The van der Waals surface area contributed by atoms with E-state index in [1.54, 1.807) is 0 Å². The fourth-order valence-corrected chi connectivity index (χ4v) is 2.13. The molecule has 1 unspecified atom stereocenters. The maximum atomic E-state index is 5.94. The SMILES string of the molecule is CCC1c2ccccc2CCN1N. The molecule has 0 radical (unpaired) electrons. The minimum Gasteiger partial charge on any atom is -0.268 e. The number of hydrazine groups is 1. The van der Waals surface area contributed by atoms with Crippen LogP contribution in [0.15, 0.2) is 24.3 Å². The van der Waals surface area contributed by atoms with Crippen LogP contribution >= 0.6 is 0 Å². The van der Waals surface area contributed by atoms with Crippen molar-refractivity contribution in [3.63, 3.8) is 0 Å². The summed E-state index contributed by atoms with van der Waals surface area (Å²) in [4.78, 5) is 0. The smallest absolute Gasteiger partial charge is 0.0490 e. The molecule has 0 saturated heterocycles. The summed E-state index contributed by atoms with van der Waals surface area (Å²) >= 11 is 0. The first kappa shape index (κ1) is 8.73. The quantitative estimate of drug-likeness (QED) is 0.662. The summed E-state index contributed by atoms with van der Waals surface area (Å²) < 4.78 is 0. The van der Waals surface area contributed by atoms with Gasteiger partial charge in [0.05, 0.1) is 0 Å². The Hall–Kier alpha value is -0.860. The third-order valence-corrected chi connectivity index (χ3v) is 2.84. The summed E-state index contributed by atoms with van der Waals surface area (Å²) in [5.74, 6) is 5.94. The lowest BCUT2D eigenvalue weighted by molar-refractivity contribution is 0.184. The summed E-state index contributed by atoms with van der Waals surface area (Å²) in [6.07, 6.45) is 2.18. The van der Waals surface area contributed by atoms with E-state index in [-0.39, 0.29) is 0 Å². The zero-order chi connectivity index (χ0) is 9.26. The molecule has 0 amide bonds. The molecule has 0 aliphatic carbocycles. The molecule has 0 spiro atoms. The molecule has 1 aromatic carbocycles. The predicted octanol–water partition coefficient (Wildman–Crippen LogP) is 1.87. The Balaban J connectivity index is 2.39. The summed E-state index contributed by atoms with van der Waals surface area (Å²) in [5.41, 5.74) is 2.88. The van der Waals surface area contributed by atoms with E-state index < -0.39 is 0 Å². The van der Waals surface area contributed by atoms with Crippen LogP contribution in [0.1, 0.15) is 30.5 Å². The molecule has 2 nitrogen and oxygen atoms in total. The van der Waals surface area contributed by atoms with Gasteiger partial charge < -0.3 is 0 Å². The van der Waals surface area contributed by atoms with Crippen molar-refractivity contribution >= 4 is 0 Å². The van der Waals surface area contributed by atoms with Crippen molar-refractivity contribution in [1.29, 1.82) is 0 Å². The van der Waals surface area contributed by atoms with Crippen molar-refractivity contribution in [2.45, 2.75) is 25.8 Å². The molecular formula is C11H16N2. The maximum absolute atomic E-state index is 5.94. The number of hydrogen-bond acceptors (Lipinski definition) is 2. The monoisotopic (exact) mass is 176 g/mol. The van der Waals surface area contributed by atoms with Crippen molar-refractivity contribution in [2.75, 3.05) is 6.54 Å². The largest absolute Gasteiger partial charge is 0.268 e. The lowest BCUT2D eigenvalue weighted by Gasteiger charge is -2.33. The lowest BCUT2D eigenvalue weighted by Crippen LogP contribution is -2.40. The Labute approximate surface area is 79.3 Å². The Morgan fingerprint density at radius 1 is 1.46 bits per heavy atom.